The van der Waals surface area contributed by atoms with Gasteiger partial charge in [0.1, 0.15) is 18.1 Å². The zero-order valence-corrected chi connectivity index (χ0v) is 15.3. The highest BCUT2D eigenvalue weighted by atomic mass is 32.1. The van der Waals surface area contributed by atoms with Crippen LogP contribution in [0.3, 0.4) is 0 Å². The first-order valence-corrected chi connectivity index (χ1v) is 8.72. The van der Waals surface area contributed by atoms with Crippen molar-refractivity contribution in [3.8, 4) is 5.75 Å². The largest absolute Gasteiger partial charge is 0.486 e. The van der Waals surface area contributed by atoms with Gasteiger partial charge in [0.2, 0.25) is 0 Å². The molecule has 27 heavy (non-hydrogen) atoms. The fourth-order valence-corrected chi connectivity index (χ4v) is 2.51. The second kappa shape index (κ2) is 8.86. The summed E-state index contributed by atoms with van der Waals surface area (Å²) in [5.74, 6) is 0.998. The van der Waals surface area contributed by atoms with Gasteiger partial charge < -0.3 is 14.5 Å². The van der Waals surface area contributed by atoms with Gasteiger partial charge in [0.15, 0.2) is 10.9 Å². The predicted octanol–water partition coefficient (Wildman–Crippen LogP) is 3.31. The van der Waals surface area contributed by atoms with Gasteiger partial charge >= 0.3 is 5.91 Å². The van der Waals surface area contributed by atoms with Gasteiger partial charge in [-0.1, -0.05) is 36.4 Å². The fourth-order valence-electron chi connectivity index (χ4n) is 2.37. The minimum atomic E-state index is -0.435. The van der Waals surface area contributed by atoms with Gasteiger partial charge in [-0.2, -0.15) is 0 Å². The molecule has 1 heterocycles. The lowest BCUT2D eigenvalue weighted by molar-refractivity contribution is 0.0911. The van der Waals surface area contributed by atoms with Gasteiger partial charge in [-0.3, -0.25) is 15.6 Å². The van der Waals surface area contributed by atoms with E-state index in [-0.39, 0.29) is 17.5 Å². The lowest BCUT2D eigenvalue weighted by Crippen LogP contribution is -2.46. The van der Waals surface area contributed by atoms with E-state index in [1.807, 2.05) is 42.5 Å². The number of furan rings is 1. The smallest absolute Gasteiger partial charge is 0.305 e. The first-order chi connectivity index (χ1) is 13.2. The zero-order valence-electron chi connectivity index (χ0n) is 14.5. The fraction of sp³-hybridized carbons (Fsp3) is 0.100. The van der Waals surface area contributed by atoms with Gasteiger partial charge in [-0.15, -0.1) is 6.58 Å². The molecule has 0 aliphatic heterocycles. The van der Waals surface area contributed by atoms with Crippen molar-refractivity contribution in [3.05, 3.63) is 78.8 Å². The van der Waals surface area contributed by atoms with Crippen LogP contribution < -0.4 is 20.9 Å². The highest BCUT2D eigenvalue weighted by molar-refractivity contribution is 7.80. The number of thiocarbonyl (C=S) groups is 1. The topological polar surface area (TPSA) is 75.5 Å². The number of fused-ring (bicyclic) bond motifs is 1. The van der Waals surface area contributed by atoms with E-state index in [1.165, 1.54) is 0 Å². The molecule has 1 amide bonds. The van der Waals surface area contributed by atoms with Crippen LogP contribution in [0, 0.1) is 0 Å². The van der Waals surface area contributed by atoms with Crippen LogP contribution in [0.25, 0.3) is 10.8 Å². The maximum atomic E-state index is 12.0. The molecule has 3 aromatic rings. The van der Waals surface area contributed by atoms with Crippen molar-refractivity contribution in [2.24, 2.45) is 0 Å². The Kier molecular flexibility index (Phi) is 6.06. The van der Waals surface area contributed by atoms with Crippen molar-refractivity contribution in [2.75, 3.05) is 6.54 Å². The zero-order chi connectivity index (χ0) is 19.1. The first-order valence-electron chi connectivity index (χ1n) is 8.31. The van der Waals surface area contributed by atoms with E-state index in [0.29, 0.717) is 12.3 Å². The summed E-state index contributed by atoms with van der Waals surface area (Å²) in [5.41, 5.74) is 5.03. The quantitative estimate of drug-likeness (QED) is 0.346. The molecule has 6 nitrogen and oxygen atoms in total. The van der Waals surface area contributed by atoms with Gasteiger partial charge in [-0.25, -0.2) is 0 Å². The van der Waals surface area contributed by atoms with Crippen LogP contribution in [-0.4, -0.2) is 17.6 Å². The van der Waals surface area contributed by atoms with Crippen LogP contribution in [0.1, 0.15) is 16.3 Å². The molecule has 0 fully saturated rings. The van der Waals surface area contributed by atoms with E-state index in [2.05, 4.69) is 22.7 Å². The number of carbonyl (C=O) groups excluding carboxylic acids is 1. The Morgan fingerprint density at radius 2 is 1.93 bits per heavy atom. The highest BCUT2D eigenvalue weighted by Gasteiger charge is 2.11. The molecule has 0 bridgehead atoms. The van der Waals surface area contributed by atoms with Gasteiger partial charge in [0.05, 0.1) is 0 Å². The summed E-state index contributed by atoms with van der Waals surface area (Å²) >= 11 is 4.99. The Labute approximate surface area is 162 Å². The van der Waals surface area contributed by atoms with Crippen LogP contribution in [0.4, 0.5) is 0 Å². The molecule has 1 aromatic heterocycles. The third-order valence-electron chi connectivity index (χ3n) is 3.68. The number of benzene rings is 2. The van der Waals surface area contributed by atoms with Crippen molar-refractivity contribution in [1.82, 2.24) is 16.2 Å². The second-order valence-corrected chi connectivity index (χ2v) is 6.05. The summed E-state index contributed by atoms with van der Waals surface area (Å²) in [7, 11) is 0. The van der Waals surface area contributed by atoms with E-state index >= 15 is 0 Å². The maximum Gasteiger partial charge on any atom is 0.305 e. The van der Waals surface area contributed by atoms with E-state index in [1.54, 1.807) is 18.2 Å². The molecule has 3 N–H and O–H groups in total. The van der Waals surface area contributed by atoms with Crippen LogP contribution in [0.2, 0.25) is 0 Å². The number of hydrogen-bond acceptors (Lipinski definition) is 4. The standard InChI is InChI=1S/C20H19N3O3S/c1-2-11-21-20(27)23-22-19(24)18-10-9-17(26-18)13-25-16-8-7-14-5-3-4-6-15(14)12-16/h2-10,12H,1,11,13H2,(H,22,24)(H2,21,23,27). The van der Waals surface area contributed by atoms with E-state index in [0.717, 1.165) is 16.5 Å². The molecule has 0 unspecified atom stereocenters. The van der Waals surface area contributed by atoms with Crippen molar-refractivity contribution in [3.63, 3.8) is 0 Å². The predicted molar refractivity (Wildman–Crippen MR) is 108 cm³/mol. The number of ether oxygens (including phenoxy) is 1. The number of hydrazine groups is 1. The third kappa shape index (κ3) is 5.08. The summed E-state index contributed by atoms with van der Waals surface area (Å²) < 4.78 is 11.3. The maximum absolute atomic E-state index is 12.0. The lowest BCUT2D eigenvalue weighted by Gasteiger charge is -2.09. The molecule has 7 heteroatoms. The summed E-state index contributed by atoms with van der Waals surface area (Å²) in [6.07, 6.45) is 1.66. The molecule has 0 saturated heterocycles. The molecule has 0 radical (unpaired) electrons. The first kappa shape index (κ1) is 18.5. The number of carbonyl (C=O) groups is 1. The van der Waals surface area contributed by atoms with Crippen LogP contribution in [0.15, 0.2) is 71.7 Å². The Morgan fingerprint density at radius 3 is 2.74 bits per heavy atom. The molecule has 2 aromatic carbocycles. The van der Waals surface area contributed by atoms with E-state index < -0.39 is 5.91 Å². The second-order valence-electron chi connectivity index (χ2n) is 5.64. The number of hydrogen-bond donors (Lipinski definition) is 3. The van der Waals surface area contributed by atoms with E-state index in [4.69, 9.17) is 21.4 Å². The molecular formula is C20H19N3O3S. The Hall–Kier alpha value is -3.32. The number of amides is 1. The summed E-state index contributed by atoms with van der Waals surface area (Å²) in [6.45, 7) is 4.29. The summed E-state index contributed by atoms with van der Waals surface area (Å²) in [4.78, 5) is 12.0. The lowest BCUT2D eigenvalue weighted by atomic mass is 10.1. The Morgan fingerprint density at radius 1 is 1.11 bits per heavy atom. The SMILES string of the molecule is C=CCNC(=S)NNC(=O)c1ccc(COc2ccc3ccccc3c2)o1. The number of rotatable bonds is 6. The molecule has 0 aliphatic carbocycles. The van der Waals surface area contributed by atoms with E-state index in [9.17, 15) is 4.79 Å². The summed E-state index contributed by atoms with van der Waals surface area (Å²) in [5, 5.41) is 5.37. The summed E-state index contributed by atoms with van der Waals surface area (Å²) in [6, 6.07) is 17.2. The van der Waals surface area contributed by atoms with Crippen LogP contribution >= 0.6 is 12.2 Å². The minimum absolute atomic E-state index is 0.158. The molecule has 0 atom stereocenters. The average molecular weight is 381 g/mol. The van der Waals surface area contributed by atoms with Gasteiger partial charge in [0, 0.05) is 6.54 Å². The van der Waals surface area contributed by atoms with Crippen LogP contribution in [-0.2, 0) is 6.61 Å². The third-order valence-corrected chi connectivity index (χ3v) is 3.93. The van der Waals surface area contributed by atoms with Gasteiger partial charge in [-0.05, 0) is 47.3 Å². The molecule has 0 saturated carbocycles. The normalized spacial score (nSPS) is 10.2. The van der Waals surface area contributed by atoms with Gasteiger partial charge in [0.25, 0.3) is 0 Å². The van der Waals surface area contributed by atoms with Crippen molar-refractivity contribution >= 4 is 34.0 Å². The minimum Gasteiger partial charge on any atom is -0.486 e. The Bertz CT molecular complexity index is 968. The molecule has 0 spiro atoms. The van der Waals surface area contributed by atoms with Crippen LogP contribution in [0.5, 0.6) is 5.75 Å². The van der Waals surface area contributed by atoms with Crippen molar-refractivity contribution < 1.29 is 13.9 Å². The Balaban J connectivity index is 1.53. The molecular weight excluding hydrogens is 362 g/mol. The molecule has 0 aliphatic rings. The van der Waals surface area contributed by atoms with Crippen molar-refractivity contribution in [2.45, 2.75) is 6.61 Å². The highest BCUT2D eigenvalue weighted by Crippen LogP contribution is 2.21. The monoisotopic (exact) mass is 381 g/mol. The average Bonchev–Trinajstić information content (AvgIpc) is 3.18. The molecule has 138 valence electrons. The molecule has 3 rings (SSSR count). The van der Waals surface area contributed by atoms with Crippen molar-refractivity contribution in [1.29, 1.82) is 0 Å². The number of nitrogens with one attached hydrogen (secondary N) is 3.